The van der Waals surface area contributed by atoms with E-state index in [1.165, 1.54) is 36.6 Å². The molecule has 15 heavy (non-hydrogen) atoms. The fraction of sp³-hybridized carbons (Fsp3) is 0.538. The maximum Gasteiger partial charge on any atom is 0.0108 e. The van der Waals surface area contributed by atoms with E-state index in [1.807, 2.05) is 11.8 Å². The van der Waals surface area contributed by atoms with Gasteiger partial charge in [-0.15, -0.1) is 11.8 Å². The summed E-state index contributed by atoms with van der Waals surface area (Å²) in [7, 11) is 2.24. The second-order valence-corrected chi connectivity index (χ2v) is 5.54. The lowest BCUT2D eigenvalue weighted by Gasteiger charge is -2.15. The average Bonchev–Trinajstić information content (AvgIpc) is 3.03. The van der Waals surface area contributed by atoms with Gasteiger partial charge in [-0.3, -0.25) is 0 Å². The van der Waals surface area contributed by atoms with E-state index in [2.05, 4.69) is 42.3 Å². The number of hydrogen-bond acceptors (Lipinski definition) is 2. The predicted octanol–water partition coefficient (Wildman–Crippen LogP) is 3.12. The molecule has 0 atom stereocenters. The highest BCUT2D eigenvalue weighted by Crippen LogP contribution is 2.29. The first-order valence-electron chi connectivity index (χ1n) is 5.71. The average molecular weight is 221 g/mol. The van der Waals surface area contributed by atoms with E-state index < -0.39 is 0 Å². The first-order chi connectivity index (χ1) is 7.34. The molecule has 1 aromatic carbocycles. The molecule has 0 bridgehead atoms. The Morgan fingerprint density at radius 1 is 1.27 bits per heavy atom. The number of nitrogens with zero attached hydrogens (tertiary/aromatic N) is 1. The van der Waals surface area contributed by atoms with Gasteiger partial charge in [0.25, 0.3) is 0 Å². The van der Waals surface area contributed by atoms with Crippen molar-refractivity contribution in [2.24, 2.45) is 5.92 Å². The molecule has 0 amide bonds. The molecule has 1 saturated carbocycles. The molecule has 1 aromatic rings. The van der Waals surface area contributed by atoms with Crippen LogP contribution in [-0.4, -0.2) is 30.8 Å². The third-order valence-corrected chi connectivity index (χ3v) is 3.74. The molecule has 0 aromatic heterocycles. The Kier molecular flexibility index (Phi) is 4.09. The zero-order chi connectivity index (χ0) is 10.5. The molecule has 0 saturated heterocycles. The summed E-state index contributed by atoms with van der Waals surface area (Å²) in [4.78, 5) is 3.85. The van der Waals surface area contributed by atoms with E-state index in [9.17, 15) is 0 Å². The molecule has 0 radical (unpaired) electrons. The summed E-state index contributed by atoms with van der Waals surface area (Å²) >= 11 is 1.95. The minimum absolute atomic E-state index is 1.01. The van der Waals surface area contributed by atoms with Crippen LogP contribution in [0, 0.1) is 5.92 Å². The highest BCUT2D eigenvalue weighted by Gasteiger charge is 2.22. The minimum atomic E-state index is 1.01. The van der Waals surface area contributed by atoms with Crippen LogP contribution < -0.4 is 0 Å². The monoisotopic (exact) mass is 221 g/mol. The SMILES string of the molecule is CN(CCSc1ccccc1)CC1CC1. The molecule has 2 rings (SSSR count). The lowest BCUT2D eigenvalue weighted by Crippen LogP contribution is -2.23. The summed E-state index contributed by atoms with van der Waals surface area (Å²) in [6.07, 6.45) is 2.91. The Morgan fingerprint density at radius 3 is 2.67 bits per heavy atom. The molecule has 1 aliphatic carbocycles. The van der Waals surface area contributed by atoms with Crippen molar-refractivity contribution in [3.8, 4) is 0 Å². The first-order valence-corrected chi connectivity index (χ1v) is 6.69. The summed E-state index contributed by atoms with van der Waals surface area (Å²) in [5.74, 6) is 2.21. The van der Waals surface area contributed by atoms with Crippen molar-refractivity contribution in [2.75, 3.05) is 25.9 Å². The Labute approximate surface area is 96.9 Å². The van der Waals surface area contributed by atoms with Crippen LogP contribution in [0.15, 0.2) is 35.2 Å². The molecule has 1 nitrogen and oxygen atoms in total. The molecule has 0 spiro atoms. The van der Waals surface area contributed by atoms with Gasteiger partial charge in [-0.2, -0.15) is 0 Å². The third kappa shape index (κ3) is 4.27. The lowest BCUT2D eigenvalue weighted by molar-refractivity contribution is 0.340. The van der Waals surface area contributed by atoms with Gasteiger partial charge in [0.2, 0.25) is 0 Å². The largest absolute Gasteiger partial charge is 0.305 e. The van der Waals surface area contributed by atoms with Gasteiger partial charge in [0, 0.05) is 23.7 Å². The molecule has 82 valence electrons. The Morgan fingerprint density at radius 2 is 2.00 bits per heavy atom. The van der Waals surface area contributed by atoms with Crippen molar-refractivity contribution in [3.63, 3.8) is 0 Å². The molecule has 1 fully saturated rings. The number of thioether (sulfide) groups is 1. The topological polar surface area (TPSA) is 3.24 Å². The van der Waals surface area contributed by atoms with Crippen molar-refractivity contribution in [3.05, 3.63) is 30.3 Å². The van der Waals surface area contributed by atoms with Crippen LogP contribution in [0.5, 0.6) is 0 Å². The normalized spacial score (nSPS) is 15.9. The second kappa shape index (κ2) is 5.57. The van der Waals surface area contributed by atoms with Crippen LogP contribution in [0.4, 0.5) is 0 Å². The maximum atomic E-state index is 2.47. The zero-order valence-electron chi connectivity index (χ0n) is 9.36. The van der Waals surface area contributed by atoms with Gasteiger partial charge in [0.15, 0.2) is 0 Å². The maximum absolute atomic E-state index is 2.47. The van der Waals surface area contributed by atoms with Crippen LogP contribution in [0.3, 0.4) is 0 Å². The van der Waals surface area contributed by atoms with E-state index in [0.29, 0.717) is 0 Å². The van der Waals surface area contributed by atoms with Crippen molar-refractivity contribution >= 4 is 11.8 Å². The summed E-state index contributed by atoms with van der Waals surface area (Å²) in [6.45, 7) is 2.51. The van der Waals surface area contributed by atoms with Crippen LogP contribution in [0.25, 0.3) is 0 Å². The van der Waals surface area contributed by atoms with Crippen molar-refractivity contribution in [1.82, 2.24) is 4.90 Å². The standard InChI is InChI=1S/C13H19NS/c1-14(11-12-7-8-12)9-10-15-13-5-3-2-4-6-13/h2-6,12H,7-11H2,1H3. The van der Waals surface area contributed by atoms with Gasteiger partial charge >= 0.3 is 0 Å². The molecule has 0 unspecified atom stereocenters. The molecule has 0 heterocycles. The summed E-state index contributed by atoms with van der Waals surface area (Å²) in [6, 6.07) is 10.7. The number of benzene rings is 1. The number of hydrogen-bond donors (Lipinski definition) is 0. The van der Waals surface area contributed by atoms with Gasteiger partial charge < -0.3 is 4.90 Å². The van der Waals surface area contributed by atoms with Crippen LogP contribution >= 0.6 is 11.8 Å². The van der Waals surface area contributed by atoms with E-state index in [-0.39, 0.29) is 0 Å². The Hall–Kier alpha value is -0.470. The fourth-order valence-corrected chi connectivity index (χ4v) is 2.66. The molecule has 0 N–H and O–H groups in total. The molecular formula is C13H19NS. The van der Waals surface area contributed by atoms with Gasteiger partial charge in [-0.05, 0) is 37.9 Å². The van der Waals surface area contributed by atoms with Crippen molar-refractivity contribution < 1.29 is 0 Å². The smallest absolute Gasteiger partial charge is 0.0108 e. The summed E-state index contributed by atoms with van der Waals surface area (Å²) in [5.41, 5.74) is 0. The summed E-state index contributed by atoms with van der Waals surface area (Å²) < 4.78 is 0. The molecular weight excluding hydrogens is 202 g/mol. The van der Waals surface area contributed by atoms with Crippen molar-refractivity contribution in [1.29, 1.82) is 0 Å². The van der Waals surface area contributed by atoms with E-state index in [4.69, 9.17) is 0 Å². The van der Waals surface area contributed by atoms with Gasteiger partial charge in [0.05, 0.1) is 0 Å². The van der Waals surface area contributed by atoms with E-state index in [0.717, 1.165) is 5.92 Å². The van der Waals surface area contributed by atoms with Crippen LogP contribution in [-0.2, 0) is 0 Å². The third-order valence-electron chi connectivity index (χ3n) is 2.75. The molecule has 0 aliphatic heterocycles. The van der Waals surface area contributed by atoms with Gasteiger partial charge in [-0.25, -0.2) is 0 Å². The fourth-order valence-electron chi connectivity index (χ4n) is 1.67. The quantitative estimate of drug-likeness (QED) is 0.679. The summed E-state index contributed by atoms with van der Waals surface area (Å²) in [5, 5.41) is 0. The molecule has 2 heteroatoms. The zero-order valence-corrected chi connectivity index (χ0v) is 10.2. The highest BCUT2D eigenvalue weighted by molar-refractivity contribution is 7.99. The molecule has 1 aliphatic rings. The Balaban J connectivity index is 1.61. The minimum Gasteiger partial charge on any atom is -0.305 e. The van der Waals surface area contributed by atoms with E-state index >= 15 is 0 Å². The van der Waals surface area contributed by atoms with Crippen LogP contribution in [0.2, 0.25) is 0 Å². The number of rotatable bonds is 6. The highest BCUT2D eigenvalue weighted by atomic mass is 32.2. The van der Waals surface area contributed by atoms with Crippen LogP contribution in [0.1, 0.15) is 12.8 Å². The van der Waals surface area contributed by atoms with Gasteiger partial charge in [-0.1, -0.05) is 18.2 Å². The van der Waals surface area contributed by atoms with E-state index in [1.54, 1.807) is 0 Å². The Bertz CT molecular complexity index is 282. The second-order valence-electron chi connectivity index (χ2n) is 4.37. The predicted molar refractivity (Wildman–Crippen MR) is 67.4 cm³/mol. The van der Waals surface area contributed by atoms with Crippen molar-refractivity contribution in [2.45, 2.75) is 17.7 Å². The van der Waals surface area contributed by atoms with Gasteiger partial charge in [0.1, 0.15) is 0 Å². The first kappa shape index (κ1) is 11.0. The lowest BCUT2D eigenvalue weighted by atomic mass is 10.4.